The molecule has 0 spiro atoms. The molecular formula is C30H37BN5O3S. The van der Waals surface area contributed by atoms with Crippen molar-refractivity contribution in [2.45, 2.75) is 54.1 Å². The fraction of sp³-hybridized carbons (Fsp3) is 0.433. The number of fused-ring (bicyclic) bond motifs is 5. The van der Waals surface area contributed by atoms with Crippen molar-refractivity contribution in [2.75, 3.05) is 23.5 Å². The van der Waals surface area contributed by atoms with Crippen molar-refractivity contribution in [3.63, 3.8) is 0 Å². The Labute approximate surface area is 241 Å². The lowest BCUT2D eigenvalue weighted by Crippen LogP contribution is -2.39. The lowest BCUT2D eigenvalue weighted by atomic mass is 9.72. The predicted octanol–water partition coefficient (Wildman–Crippen LogP) is 5.22. The Kier molecular flexibility index (Phi) is 8.88. The number of benzene rings is 2. The number of aromatic nitrogens is 3. The molecule has 0 atom stereocenters. The fourth-order valence-electron chi connectivity index (χ4n) is 5.58. The van der Waals surface area contributed by atoms with Gasteiger partial charge in [-0.1, -0.05) is 75.4 Å². The molecule has 2 aromatic carbocycles. The van der Waals surface area contributed by atoms with Crippen molar-refractivity contribution in [1.29, 1.82) is 0 Å². The van der Waals surface area contributed by atoms with E-state index in [0.717, 1.165) is 33.8 Å². The van der Waals surface area contributed by atoms with Gasteiger partial charge < -0.3 is 15.0 Å². The summed E-state index contributed by atoms with van der Waals surface area (Å²) in [5.41, 5.74) is 4.16. The minimum Gasteiger partial charge on any atom is -0.359 e. The average Bonchev–Trinajstić information content (AvgIpc) is 3.33. The summed E-state index contributed by atoms with van der Waals surface area (Å²) in [6, 6.07) is 15.6. The summed E-state index contributed by atoms with van der Waals surface area (Å²) in [4.78, 5) is 40.5. The zero-order valence-electron chi connectivity index (χ0n) is 24.2. The number of rotatable bonds is 10. The molecule has 1 N–H and O–H groups in total. The van der Waals surface area contributed by atoms with E-state index in [4.69, 9.17) is 0 Å². The molecule has 209 valence electrons. The molecule has 0 saturated carbocycles. The molecule has 0 fully saturated rings. The summed E-state index contributed by atoms with van der Waals surface area (Å²) < 4.78 is 1.84. The van der Waals surface area contributed by atoms with Crippen LogP contribution in [0.2, 0.25) is 0 Å². The van der Waals surface area contributed by atoms with Crippen LogP contribution in [0.1, 0.15) is 46.6 Å². The molecule has 1 aliphatic heterocycles. The standard InChI is InChI=1S/C30H37BN5O3S/c1-7-36-26-22-14-10-11-15-23(22)35(16-20-12-8-9-13-21(20)25(26)33-34-36)28(39)31-24(37)17-40-19-29(2,3)18-30(4,5)27(38)32-6/h8-15H,7,16-19H2,1-6H3,(H,32,38). The first kappa shape index (κ1) is 29.6. The molecule has 10 heteroatoms. The van der Waals surface area contributed by atoms with Gasteiger partial charge >= 0.3 is 7.28 Å². The van der Waals surface area contributed by atoms with Crippen LogP contribution >= 0.6 is 11.8 Å². The zero-order chi connectivity index (χ0) is 29.1. The topological polar surface area (TPSA) is 97.2 Å². The molecule has 40 heavy (non-hydrogen) atoms. The molecule has 0 aliphatic carbocycles. The zero-order valence-corrected chi connectivity index (χ0v) is 25.0. The molecule has 0 saturated heterocycles. The van der Waals surface area contributed by atoms with Gasteiger partial charge in [-0.25, -0.2) is 4.68 Å². The number of carbonyl (C=O) groups is 3. The number of carbonyl (C=O) groups excluding carboxylic acids is 3. The Bertz CT molecular complexity index is 1420. The van der Waals surface area contributed by atoms with E-state index in [0.29, 0.717) is 25.3 Å². The van der Waals surface area contributed by atoms with Crippen molar-refractivity contribution in [2.24, 2.45) is 10.8 Å². The minimum atomic E-state index is -0.511. The number of amides is 2. The first-order chi connectivity index (χ1) is 19.0. The van der Waals surface area contributed by atoms with E-state index in [2.05, 4.69) is 29.5 Å². The molecule has 3 aromatic rings. The van der Waals surface area contributed by atoms with Crippen molar-refractivity contribution >= 4 is 42.1 Å². The van der Waals surface area contributed by atoms with Crippen LogP contribution in [0, 0.1) is 10.8 Å². The van der Waals surface area contributed by atoms with Crippen LogP contribution < -0.4 is 10.2 Å². The second-order valence-corrected chi connectivity index (χ2v) is 12.6. The van der Waals surface area contributed by atoms with Gasteiger partial charge in [0.2, 0.25) is 5.91 Å². The maximum absolute atomic E-state index is 13.7. The Morgan fingerprint density at radius 1 is 1.02 bits per heavy atom. The summed E-state index contributed by atoms with van der Waals surface area (Å²) in [5, 5.41) is 11.6. The highest BCUT2D eigenvalue weighted by Gasteiger charge is 2.34. The monoisotopic (exact) mass is 558 g/mol. The van der Waals surface area contributed by atoms with Crippen LogP contribution in [-0.4, -0.2) is 58.2 Å². The predicted molar refractivity (Wildman–Crippen MR) is 162 cm³/mol. The van der Waals surface area contributed by atoms with Crippen LogP contribution in [0.5, 0.6) is 0 Å². The summed E-state index contributed by atoms with van der Waals surface area (Å²) in [7, 11) is 2.86. The molecule has 1 radical (unpaired) electrons. The van der Waals surface area contributed by atoms with Crippen LogP contribution in [0.15, 0.2) is 48.5 Å². The van der Waals surface area contributed by atoms with Crippen LogP contribution in [0.4, 0.5) is 10.5 Å². The molecule has 0 bridgehead atoms. The van der Waals surface area contributed by atoms with Crippen LogP contribution in [0.3, 0.4) is 0 Å². The van der Waals surface area contributed by atoms with Crippen molar-refractivity contribution in [3.8, 4) is 22.5 Å². The van der Waals surface area contributed by atoms with Gasteiger partial charge in [-0.2, -0.15) is 11.8 Å². The quantitative estimate of drug-likeness (QED) is 0.343. The van der Waals surface area contributed by atoms with Crippen LogP contribution in [0.25, 0.3) is 22.5 Å². The second-order valence-electron chi connectivity index (χ2n) is 11.6. The molecule has 2 amide bonds. The van der Waals surface area contributed by atoms with Gasteiger partial charge in [0.05, 0.1) is 17.9 Å². The molecule has 8 nitrogen and oxygen atoms in total. The Balaban J connectivity index is 1.52. The lowest BCUT2D eigenvalue weighted by Gasteiger charge is -2.33. The third kappa shape index (κ3) is 6.32. The highest BCUT2D eigenvalue weighted by atomic mass is 32.2. The normalized spacial score (nSPS) is 12.9. The highest BCUT2D eigenvalue weighted by molar-refractivity contribution is 8.00. The third-order valence-corrected chi connectivity index (χ3v) is 8.61. The van der Waals surface area contributed by atoms with E-state index in [1.165, 1.54) is 19.0 Å². The fourth-order valence-corrected chi connectivity index (χ4v) is 6.63. The number of aryl methyl sites for hydroxylation is 1. The number of nitrogens with one attached hydrogen (secondary N) is 1. The van der Waals surface area contributed by atoms with E-state index in [9.17, 15) is 14.4 Å². The molecule has 4 rings (SSSR count). The molecule has 2 heterocycles. The van der Waals surface area contributed by atoms with Gasteiger partial charge in [0.1, 0.15) is 11.4 Å². The number of thioether (sulfide) groups is 1. The number of hydrogen-bond donors (Lipinski definition) is 1. The van der Waals surface area contributed by atoms with Gasteiger partial charge in [-0.3, -0.25) is 9.59 Å². The van der Waals surface area contributed by atoms with Crippen molar-refractivity contribution in [3.05, 3.63) is 54.1 Å². The molecule has 1 aromatic heterocycles. The highest BCUT2D eigenvalue weighted by Crippen LogP contribution is 2.41. The van der Waals surface area contributed by atoms with E-state index in [-0.39, 0.29) is 28.6 Å². The van der Waals surface area contributed by atoms with Gasteiger partial charge in [0.25, 0.3) is 0 Å². The number of nitrogens with zero attached hydrogens (tertiary/aromatic N) is 4. The first-order valence-corrected chi connectivity index (χ1v) is 14.7. The van der Waals surface area contributed by atoms with Gasteiger partial charge in [0.15, 0.2) is 5.81 Å². The largest absolute Gasteiger partial charge is 0.359 e. The number of anilines is 1. The number of para-hydroxylation sites is 1. The van der Waals surface area contributed by atoms with Gasteiger partial charge in [-0.15, -0.1) is 5.10 Å². The summed E-state index contributed by atoms with van der Waals surface area (Å²) >= 11 is 1.49. The third-order valence-electron chi connectivity index (χ3n) is 7.14. The molecule has 1 aliphatic rings. The summed E-state index contributed by atoms with van der Waals surface area (Å²) in [6.45, 7) is 11.0. The Hall–Kier alpha value is -3.40. The summed E-state index contributed by atoms with van der Waals surface area (Å²) in [5.74, 6) is 0.531. The lowest BCUT2D eigenvalue weighted by molar-refractivity contribution is -0.130. The summed E-state index contributed by atoms with van der Waals surface area (Å²) in [6.07, 6.45) is 0.679. The minimum absolute atomic E-state index is 0.000533. The van der Waals surface area contributed by atoms with Crippen molar-refractivity contribution < 1.29 is 14.4 Å². The smallest absolute Gasteiger partial charge is 0.322 e. The van der Waals surface area contributed by atoms with E-state index in [1.54, 1.807) is 11.9 Å². The van der Waals surface area contributed by atoms with E-state index < -0.39 is 5.41 Å². The Morgan fingerprint density at radius 2 is 1.70 bits per heavy atom. The van der Waals surface area contributed by atoms with E-state index >= 15 is 0 Å². The molecular weight excluding hydrogens is 521 g/mol. The van der Waals surface area contributed by atoms with Crippen LogP contribution in [-0.2, 0) is 22.7 Å². The molecule has 0 unspecified atom stereocenters. The Morgan fingerprint density at radius 3 is 2.40 bits per heavy atom. The maximum Gasteiger partial charge on any atom is 0.322 e. The average molecular weight is 559 g/mol. The van der Waals surface area contributed by atoms with Gasteiger partial charge in [0, 0.05) is 35.9 Å². The SMILES string of the molecule is CCn1nnc2c1-c1ccccc1N(C(=O)[B]C(=O)CSCC(C)(C)CC(C)(C)C(=O)NC)Cc1ccccc1-2. The maximum atomic E-state index is 13.7. The van der Waals surface area contributed by atoms with E-state index in [1.807, 2.05) is 74.0 Å². The number of hydrogen-bond acceptors (Lipinski definition) is 6. The first-order valence-electron chi connectivity index (χ1n) is 13.6. The van der Waals surface area contributed by atoms with Gasteiger partial charge in [-0.05, 0) is 36.1 Å². The van der Waals surface area contributed by atoms with Crippen molar-refractivity contribution in [1.82, 2.24) is 20.3 Å². The second kappa shape index (κ2) is 12.0.